The molecule has 2 atom stereocenters. The molecule has 0 bridgehead atoms. The van der Waals surface area contributed by atoms with Gasteiger partial charge in [-0.3, -0.25) is 0 Å². The molecule has 0 spiro atoms. The highest BCUT2D eigenvalue weighted by Gasteiger charge is 2.31. The molecule has 0 radical (unpaired) electrons. The third-order valence-electron chi connectivity index (χ3n) is 3.47. The number of anilines is 1. The van der Waals surface area contributed by atoms with Crippen LogP contribution in [0.2, 0.25) is 0 Å². The van der Waals surface area contributed by atoms with E-state index in [9.17, 15) is 0 Å². The maximum atomic E-state index is 2.45. The van der Waals surface area contributed by atoms with Crippen LogP contribution in [0.1, 0.15) is 38.2 Å². The average molecular weight is 189 g/mol. The van der Waals surface area contributed by atoms with Crippen molar-refractivity contribution >= 4 is 5.69 Å². The first-order valence-electron chi connectivity index (χ1n) is 5.57. The first kappa shape index (κ1) is 9.57. The molecule has 0 aromatic heterocycles. The molecule has 2 rings (SSSR count). The number of likely N-dealkylation sites (N-methyl/N-ethyl adjacent to an activating group) is 1. The Kier molecular flexibility index (Phi) is 2.49. The number of benzene rings is 1. The van der Waals surface area contributed by atoms with Crippen LogP contribution in [0.5, 0.6) is 0 Å². The predicted molar refractivity (Wildman–Crippen MR) is 62.0 cm³/mol. The van der Waals surface area contributed by atoms with Crippen molar-refractivity contribution in [2.75, 3.05) is 11.9 Å². The Hall–Kier alpha value is -0.980. The molecule has 0 saturated heterocycles. The third kappa shape index (κ3) is 1.31. The van der Waals surface area contributed by atoms with E-state index in [2.05, 4.69) is 50.1 Å². The molecule has 0 saturated carbocycles. The zero-order chi connectivity index (χ0) is 10.1. The van der Waals surface area contributed by atoms with Gasteiger partial charge in [-0.1, -0.05) is 38.5 Å². The van der Waals surface area contributed by atoms with Gasteiger partial charge in [-0.25, -0.2) is 0 Å². The van der Waals surface area contributed by atoms with E-state index in [1.165, 1.54) is 24.1 Å². The molecule has 1 aliphatic heterocycles. The van der Waals surface area contributed by atoms with Crippen molar-refractivity contribution in [3.8, 4) is 0 Å². The summed E-state index contributed by atoms with van der Waals surface area (Å²) < 4.78 is 0. The molecule has 1 nitrogen and oxygen atoms in total. The van der Waals surface area contributed by atoms with Crippen molar-refractivity contribution in [3.05, 3.63) is 29.8 Å². The van der Waals surface area contributed by atoms with E-state index in [-0.39, 0.29) is 0 Å². The van der Waals surface area contributed by atoms with Crippen molar-refractivity contribution in [1.29, 1.82) is 0 Å². The van der Waals surface area contributed by atoms with Crippen molar-refractivity contribution < 1.29 is 0 Å². The summed E-state index contributed by atoms with van der Waals surface area (Å²) >= 11 is 0. The second-order valence-electron chi connectivity index (χ2n) is 4.31. The van der Waals surface area contributed by atoms with Gasteiger partial charge in [0.15, 0.2) is 0 Å². The highest BCUT2D eigenvalue weighted by Crippen LogP contribution is 2.40. The maximum Gasteiger partial charge on any atom is 0.0402 e. The monoisotopic (exact) mass is 189 g/mol. The molecule has 76 valence electrons. The molecular formula is C13H19N. The second kappa shape index (κ2) is 3.64. The number of fused-ring (bicyclic) bond motifs is 1. The zero-order valence-electron chi connectivity index (χ0n) is 9.33. The number of nitrogens with zero attached hydrogens (tertiary/aromatic N) is 1. The van der Waals surface area contributed by atoms with Gasteiger partial charge in [0.2, 0.25) is 0 Å². The Labute approximate surface area is 86.7 Å². The fourth-order valence-corrected chi connectivity index (χ4v) is 2.65. The molecule has 1 aromatic rings. The Balaban J connectivity index is 2.33. The number of para-hydroxylation sites is 1. The maximum absolute atomic E-state index is 2.45. The molecule has 1 aromatic carbocycles. The minimum Gasteiger partial charge on any atom is -0.371 e. The molecular weight excluding hydrogens is 170 g/mol. The summed E-state index contributed by atoms with van der Waals surface area (Å²) in [4.78, 5) is 2.45. The Morgan fingerprint density at radius 1 is 1.29 bits per heavy atom. The molecule has 1 heteroatoms. The van der Waals surface area contributed by atoms with E-state index in [4.69, 9.17) is 0 Å². The lowest BCUT2D eigenvalue weighted by atomic mass is 9.94. The van der Waals surface area contributed by atoms with Crippen LogP contribution in [-0.2, 0) is 0 Å². The second-order valence-corrected chi connectivity index (χ2v) is 4.31. The molecule has 14 heavy (non-hydrogen) atoms. The number of hydrogen-bond donors (Lipinski definition) is 0. The molecule has 1 heterocycles. The van der Waals surface area contributed by atoms with Crippen LogP contribution in [0.3, 0.4) is 0 Å². The average Bonchev–Trinajstić information content (AvgIpc) is 2.45. The minimum absolute atomic E-state index is 0.691. The fraction of sp³-hybridized carbons (Fsp3) is 0.538. The normalized spacial score (nSPS) is 25.2. The predicted octanol–water partition coefficient (Wildman–Crippen LogP) is 3.41. The van der Waals surface area contributed by atoms with Gasteiger partial charge in [0, 0.05) is 24.7 Å². The van der Waals surface area contributed by atoms with Crippen LogP contribution in [-0.4, -0.2) is 13.1 Å². The summed E-state index contributed by atoms with van der Waals surface area (Å²) in [5.74, 6) is 0.691. The fourth-order valence-electron chi connectivity index (χ4n) is 2.65. The van der Waals surface area contributed by atoms with Gasteiger partial charge < -0.3 is 4.90 Å². The topological polar surface area (TPSA) is 3.24 Å². The van der Waals surface area contributed by atoms with E-state index in [1.54, 1.807) is 0 Å². The van der Waals surface area contributed by atoms with E-state index in [1.807, 2.05) is 0 Å². The number of rotatable bonds is 2. The highest BCUT2D eigenvalue weighted by atomic mass is 15.2. The zero-order valence-corrected chi connectivity index (χ0v) is 9.33. The Bertz CT molecular complexity index is 290. The van der Waals surface area contributed by atoms with Crippen molar-refractivity contribution in [2.45, 2.75) is 38.6 Å². The summed E-state index contributed by atoms with van der Waals surface area (Å²) in [6.45, 7) is 4.62. The van der Waals surface area contributed by atoms with Gasteiger partial charge in [-0.2, -0.15) is 0 Å². The van der Waals surface area contributed by atoms with Crippen LogP contribution in [0.4, 0.5) is 5.69 Å². The third-order valence-corrected chi connectivity index (χ3v) is 3.47. The number of hydrogen-bond acceptors (Lipinski definition) is 1. The highest BCUT2D eigenvalue weighted by molar-refractivity contribution is 5.60. The Morgan fingerprint density at radius 3 is 2.64 bits per heavy atom. The van der Waals surface area contributed by atoms with Gasteiger partial charge in [0.1, 0.15) is 0 Å². The lowest BCUT2D eigenvalue weighted by Crippen LogP contribution is -2.29. The van der Waals surface area contributed by atoms with Gasteiger partial charge in [-0.15, -0.1) is 0 Å². The van der Waals surface area contributed by atoms with Gasteiger partial charge >= 0.3 is 0 Å². The van der Waals surface area contributed by atoms with Crippen LogP contribution in [0.15, 0.2) is 24.3 Å². The van der Waals surface area contributed by atoms with Gasteiger partial charge in [0.05, 0.1) is 0 Å². The molecule has 0 fully saturated rings. The van der Waals surface area contributed by atoms with Crippen LogP contribution in [0, 0.1) is 0 Å². The van der Waals surface area contributed by atoms with Gasteiger partial charge in [-0.05, 0) is 18.1 Å². The molecule has 1 aliphatic rings. The van der Waals surface area contributed by atoms with E-state index in [0.29, 0.717) is 12.0 Å². The SMILES string of the molecule is CCC[C@H]1[C@@H](C)c2ccccc2N1C. The largest absolute Gasteiger partial charge is 0.371 e. The minimum atomic E-state index is 0.691. The van der Waals surface area contributed by atoms with Crippen LogP contribution in [0.25, 0.3) is 0 Å². The summed E-state index contributed by atoms with van der Waals surface area (Å²) in [7, 11) is 2.22. The lowest BCUT2D eigenvalue weighted by molar-refractivity contribution is 0.531. The van der Waals surface area contributed by atoms with E-state index >= 15 is 0 Å². The van der Waals surface area contributed by atoms with Crippen molar-refractivity contribution in [2.24, 2.45) is 0 Å². The van der Waals surface area contributed by atoms with E-state index in [0.717, 1.165) is 0 Å². The standard InChI is InChI=1S/C13H19N/c1-4-7-12-10(2)11-8-5-6-9-13(11)14(12)3/h5-6,8-10,12H,4,7H2,1-3H3/t10-,12-/m0/s1. The van der Waals surface area contributed by atoms with Crippen molar-refractivity contribution in [1.82, 2.24) is 0 Å². The lowest BCUT2D eigenvalue weighted by Gasteiger charge is -2.24. The smallest absolute Gasteiger partial charge is 0.0402 e. The molecule has 0 aliphatic carbocycles. The first-order valence-corrected chi connectivity index (χ1v) is 5.57. The summed E-state index contributed by atoms with van der Waals surface area (Å²) in [5, 5.41) is 0. The van der Waals surface area contributed by atoms with Crippen molar-refractivity contribution in [3.63, 3.8) is 0 Å². The Morgan fingerprint density at radius 2 is 2.00 bits per heavy atom. The summed E-state index contributed by atoms with van der Waals surface area (Å²) in [6, 6.07) is 9.50. The first-order chi connectivity index (χ1) is 6.75. The summed E-state index contributed by atoms with van der Waals surface area (Å²) in [5.41, 5.74) is 2.95. The van der Waals surface area contributed by atoms with Gasteiger partial charge in [0.25, 0.3) is 0 Å². The summed E-state index contributed by atoms with van der Waals surface area (Å²) in [6.07, 6.45) is 2.57. The molecule has 0 unspecified atom stereocenters. The molecule has 0 N–H and O–H groups in total. The van der Waals surface area contributed by atoms with Crippen LogP contribution < -0.4 is 4.90 Å². The van der Waals surface area contributed by atoms with E-state index < -0.39 is 0 Å². The molecule has 0 amide bonds. The quantitative estimate of drug-likeness (QED) is 0.689. The van der Waals surface area contributed by atoms with Crippen LogP contribution >= 0.6 is 0 Å².